The van der Waals surface area contributed by atoms with Gasteiger partial charge in [0.25, 0.3) is 0 Å². The molecule has 0 saturated heterocycles. The van der Waals surface area contributed by atoms with Crippen molar-refractivity contribution in [2.45, 2.75) is 11.6 Å². The number of carbonyl (C=O) groups is 2. The second-order valence-corrected chi connectivity index (χ2v) is 7.47. The largest absolute Gasteiger partial charge is 0.326 e. The molecule has 0 aliphatic heterocycles. The van der Waals surface area contributed by atoms with E-state index in [1.807, 2.05) is 6.07 Å². The van der Waals surface area contributed by atoms with Crippen LogP contribution in [0.2, 0.25) is 5.02 Å². The molecule has 2 aromatic carbocycles. The van der Waals surface area contributed by atoms with Gasteiger partial charge >= 0.3 is 0 Å². The zero-order valence-electron chi connectivity index (χ0n) is 15.4. The highest BCUT2D eigenvalue weighted by molar-refractivity contribution is 7.99. The highest BCUT2D eigenvalue weighted by Crippen LogP contribution is 2.19. The first kappa shape index (κ1) is 20.6. The fourth-order valence-electron chi connectivity index (χ4n) is 2.45. The van der Waals surface area contributed by atoms with Crippen molar-refractivity contribution in [2.75, 3.05) is 11.1 Å². The summed E-state index contributed by atoms with van der Waals surface area (Å²) in [7, 11) is 1.75. The van der Waals surface area contributed by atoms with Gasteiger partial charge in [-0.2, -0.15) is 5.26 Å². The van der Waals surface area contributed by atoms with Gasteiger partial charge < -0.3 is 9.88 Å². The first-order valence-electron chi connectivity index (χ1n) is 8.56. The highest BCUT2D eigenvalue weighted by atomic mass is 35.5. The number of thioether (sulfide) groups is 1. The molecule has 1 aromatic heterocycles. The summed E-state index contributed by atoms with van der Waals surface area (Å²) in [5, 5.41) is 20.8. The van der Waals surface area contributed by atoms with Crippen LogP contribution in [0.3, 0.4) is 0 Å². The number of benzene rings is 2. The molecule has 0 saturated carbocycles. The van der Waals surface area contributed by atoms with Crippen LogP contribution in [-0.4, -0.2) is 32.2 Å². The van der Waals surface area contributed by atoms with Gasteiger partial charge in [0.1, 0.15) is 5.82 Å². The summed E-state index contributed by atoms with van der Waals surface area (Å²) in [6.45, 7) is 0. The third-order valence-electron chi connectivity index (χ3n) is 4.04. The van der Waals surface area contributed by atoms with Crippen molar-refractivity contribution < 1.29 is 9.59 Å². The van der Waals surface area contributed by atoms with E-state index in [0.29, 0.717) is 32.8 Å². The van der Waals surface area contributed by atoms with Gasteiger partial charge in [0, 0.05) is 23.3 Å². The Morgan fingerprint density at radius 3 is 2.48 bits per heavy atom. The number of halogens is 1. The molecule has 1 N–H and O–H groups in total. The van der Waals surface area contributed by atoms with Gasteiger partial charge in [-0.15, -0.1) is 10.2 Å². The van der Waals surface area contributed by atoms with E-state index in [2.05, 4.69) is 15.5 Å². The molecule has 0 radical (unpaired) electrons. The smallest absolute Gasteiger partial charge is 0.232 e. The molecular weight excluding hydrogens is 410 g/mol. The summed E-state index contributed by atoms with van der Waals surface area (Å²) in [5.41, 5.74) is 1.68. The van der Waals surface area contributed by atoms with Gasteiger partial charge in [-0.1, -0.05) is 35.5 Å². The fraction of sp³-hybridized carbons (Fsp3) is 0.150. The van der Waals surface area contributed by atoms with Crippen molar-refractivity contribution in [3.63, 3.8) is 0 Å². The Hall–Kier alpha value is -3.15. The van der Waals surface area contributed by atoms with Crippen LogP contribution in [0, 0.1) is 11.3 Å². The summed E-state index contributed by atoms with van der Waals surface area (Å²) < 4.78 is 1.69. The van der Waals surface area contributed by atoms with Crippen LogP contribution < -0.4 is 5.32 Å². The molecule has 146 valence electrons. The number of anilines is 1. The SMILES string of the molecule is Cn1c(CC(=O)Nc2ccc(Cl)cc2)nnc1SCC(=O)c1ccc(C#N)cc1. The number of rotatable bonds is 7. The minimum Gasteiger partial charge on any atom is -0.326 e. The number of nitrogens with one attached hydrogen (secondary N) is 1. The van der Waals surface area contributed by atoms with Crippen LogP contribution in [0.25, 0.3) is 0 Å². The lowest BCUT2D eigenvalue weighted by Crippen LogP contribution is -2.17. The average Bonchev–Trinajstić information content (AvgIpc) is 3.07. The van der Waals surface area contributed by atoms with E-state index >= 15 is 0 Å². The predicted molar refractivity (Wildman–Crippen MR) is 111 cm³/mol. The number of aromatic nitrogens is 3. The number of amides is 1. The normalized spacial score (nSPS) is 10.4. The maximum Gasteiger partial charge on any atom is 0.232 e. The highest BCUT2D eigenvalue weighted by Gasteiger charge is 2.15. The van der Waals surface area contributed by atoms with Crippen LogP contribution in [-0.2, 0) is 18.3 Å². The van der Waals surface area contributed by atoms with Crippen LogP contribution in [0.4, 0.5) is 5.69 Å². The summed E-state index contributed by atoms with van der Waals surface area (Å²) in [6, 6.07) is 15.3. The minimum absolute atomic E-state index is 0.0518. The first-order chi connectivity index (χ1) is 14.0. The fourth-order valence-corrected chi connectivity index (χ4v) is 3.40. The Morgan fingerprint density at radius 1 is 1.14 bits per heavy atom. The molecule has 1 amide bonds. The predicted octanol–water partition coefficient (Wildman–Crippen LogP) is 3.50. The number of nitrogens with zero attached hydrogens (tertiary/aromatic N) is 4. The van der Waals surface area contributed by atoms with Crippen molar-refractivity contribution in [3.05, 3.63) is 70.5 Å². The molecule has 3 rings (SSSR count). The van der Waals surface area contributed by atoms with E-state index in [1.54, 1.807) is 60.1 Å². The van der Waals surface area contributed by atoms with Crippen LogP contribution >= 0.6 is 23.4 Å². The Morgan fingerprint density at radius 2 is 1.83 bits per heavy atom. The van der Waals surface area contributed by atoms with E-state index < -0.39 is 0 Å². The topological polar surface area (TPSA) is 101 Å². The lowest BCUT2D eigenvalue weighted by molar-refractivity contribution is -0.115. The summed E-state index contributed by atoms with van der Waals surface area (Å²) in [4.78, 5) is 24.5. The third-order valence-corrected chi connectivity index (χ3v) is 5.31. The molecular formula is C20H16ClN5O2S. The van der Waals surface area contributed by atoms with Crippen LogP contribution in [0.5, 0.6) is 0 Å². The summed E-state index contributed by atoms with van der Waals surface area (Å²) in [5.74, 6) is 0.358. The van der Waals surface area contributed by atoms with Crippen molar-refractivity contribution in [1.29, 1.82) is 5.26 Å². The molecule has 0 spiro atoms. The Kier molecular flexibility index (Phi) is 6.65. The lowest BCUT2D eigenvalue weighted by Gasteiger charge is -2.06. The van der Waals surface area contributed by atoms with Crippen molar-refractivity contribution in [2.24, 2.45) is 7.05 Å². The van der Waals surface area contributed by atoms with Gasteiger partial charge in [0.2, 0.25) is 5.91 Å². The Labute approximate surface area is 176 Å². The van der Waals surface area contributed by atoms with Gasteiger partial charge in [-0.05, 0) is 36.4 Å². The summed E-state index contributed by atoms with van der Waals surface area (Å²) >= 11 is 7.07. The van der Waals surface area contributed by atoms with Crippen molar-refractivity contribution in [3.8, 4) is 6.07 Å². The molecule has 9 heteroatoms. The van der Waals surface area contributed by atoms with E-state index in [0.717, 1.165) is 0 Å². The first-order valence-corrected chi connectivity index (χ1v) is 9.92. The summed E-state index contributed by atoms with van der Waals surface area (Å²) in [6.07, 6.45) is 0.0518. The number of hydrogen-bond acceptors (Lipinski definition) is 6. The van der Waals surface area contributed by atoms with E-state index in [4.69, 9.17) is 16.9 Å². The van der Waals surface area contributed by atoms with Gasteiger partial charge in [-0.25, -0.2) is 0 Å². The van der Waals surface area contributed by atoms with Crippen LogP contribution in [0.15, 0.2) is 53.7 Å². The number of carbonyl (C=O) groups excluding carboxylic acids is 2. The lowest BCUT2D eigenvalue weighted by atomic mass is 10.1. The molecule has 1 heterocycles. The maximum atomic E-state index is 12.3. The maximum absolute atomic E-state index is 12.3. The molecule has 0 aliphatic rings. The van der Waals surface area contributed by atoms with Gasteiger partial charge in [-0.3, -0.25) is 9.59 Å². The quantitative estimate of drug-likeness (QED) is 0.459. The Bertz CT molecular complexity index is 1070. The third kappa shape index (κ3) is 5.44. The molecule has 0 aliphatic carbocycles. The van der Waals surface area contributed by atoms with E-state index in [1.165, 1.54) is 11.8 Å². The molecule has 7 nitrogen and oxygen atoms in total. The minimum atomic E-state index is -0.229. The number of Topliss-reactive ketones (excluding diaryl/α,β-unsaturated/α-hetero) is 1. The Balaban J connectivity index is 1.57. The number of hydrogen-bond donors (Lipinski definition) is 1. The van der Waals surface area contributed by atoms with Gasteiger partial charge in [0.15, 0.2) is 10.9 Å². The van der Waals surface area contributed by atoms with Crippen LogP contribution in [0.1, 0.15) is 21.7 Å². The molecule has 0 bridgehead atoms. The average molecular weight is 426 g/mol. The van der Waals surface area contributed by atoms with Crippen molar-refractivity contribution >= 4 is 40.7 Å². The molecule has 3 aromatic rings. The molecule has 29 heavy (non-hydrogen) atoms. The second-order valence-electron chi connectivity index (χ2n) is 6.09. The molecule has 0 atom stereocenters. The standard InChI is InChI=1S/C20H16ClN5O2S/c1-26-18(10-19(28)23-16-8-6-15(21)7-9-16)24-25-20(26)29-12-17(27)14-4-2-13(11-22)3-5-14/h2-9H,10,12H2,1H3,(H,23,28). The van der Waals surface area contributed by atoms with Crippen molar-refractivity contribution in [1.82, 2.24) is 14.8 Å². The second kappa shape index (κ2) is 9.37. The number of nitriles is 1. The van der Waals surface area contributed by atoms with E-state index in [9.17, 15) is 9.59 Å². The molecule has 0 fully saturated rings. The molecule has 0 unspecified atom stereocenters. The zero-order chi connectivity index (χ0) is 20.8. The van der Waals surface area contributed by atoms with Gasteiger partial charge in [0.05, 0.1) is 23.8 Å². The number of ketones is 1. The zero-order valence-corrected chi connectivity index (χ0v) is 17.0. The van der Waals surface area contributed by atoms with E-state index in [-0.39, 0.29) is 23.9 Å². The monoisotopic (exact) mass is 425 g/mol.